The molecule has 2 rings (SSSR count). The molecule has 1 N–H and O–H groups in total. The molecule has 20 heavy (non-hydrogen) atoms. The van der Waals surface area contributed by atoms with Crippen LogP contribution in [0.3, 0.4) is 0 Å². The topological polar surface area (TPSA) is 41.6 Å². The highest BCUT2D eigenvalue weighted by atomic mass is 16.5. The summed E-state index contributed by atoms with van der Waals surface area (Å²) < 4.78 is 5.80. The van der Waals surface area contributed by atoms with Gasteiger partial charge in [0.1, 0.15) is 0 Å². The monoisotopic (exact) mass is 276 g/mol. The van der Waals surface area contributed by atoms with Crippen LogP contribution in [0, 0.1) is 0 Å². The maximum Gasteiger partial charge on any atom is 0.234 e. The predicted molar refractivity (Wildman–Crippen MR) is 79.5 cm³/mol. The number of ether oxygens (including phenoxy) is 1. The van der Waals surface area contributed by atoms with Crippen molar-refractivity contribution < 1.29 is 9.53 Å². The minimum Gasteiger partial charge on any atom is -0.371 e. The average molecular weight is 276 g/mol. The Morgan fingerprint density at radius 2 is 2.20 bits per heavy atom. The third kappa shape index (κ3) is 4.62. The van der Waals surface area contributed by atoms with Crippen LogP contribution in [-0.4, -0.2) is 43.6 Å². The highest BCUT2D eigenvalue weighted by molar-refractivity contribution is 5.77. The molecule has 4 heteroatoms. The Kier molecular flexibility index (Phi) is 6.02. The van der Waals surface area contributed by atoms with Crippen LogP contribution < -0.4 is 5.32 Å². The van der Waals surface area contributed by atoms with Crippen molar-refractivity contribution in [1.29, 1.82) is 0 Å². The van der Waals surface area contributed by atoms with Crippen molar-refractivity contribution in [2.75, 3.05) is 32.8 Å². The van der Waals surface area contributed by atoms with Crippen molar-refractivity contribution in [2.45, 2.75) is 25.9 Å². The van der Waals surface area contributed by atoms with Crippen LogP contribution in [0.25, 0.3) is 0 Å². The van der Waals surface area contributed by atoms with Gasteiger partial charge in [0.05, 0.1) is 19.3 Å². The highest BCUT2D eigenvalue weighted by Crippen LogP contribution is 2.21. The second-order valence-corrected chi connectivity index (χ2v) is 5.21. The van der Waals surface area contributed by atoms with E-state index in [0.717, 1.165) is 32.5 Å². The van der Waals surface area contributed by atoms with Gasteiger partial charge < -0.3 is 10.1 Å². The van der Waals surface area contributed by atoms with Crippen LogP contribution in [0.4, 0.5) is 0 Å². The Hall–Kier alpha value is -1.39. The molecule has 1 amide bonds. The van der Waals surface area contributed by atoms with Gasteiger partial charge in [-0.3, -0.25) is 9.69 Å². The molecule has 1 unspecified atom stereocenters. The van der Waals surface area contributed by atoms with E-state index in [0.29, 0.717) is 13.2 Å². The van der Waals surface area contributed by atoms with Gasteiger partial charge in [-0.1, -0.05) is 43.7 Å². The van der Waals surface area contributed by atoms with E-state index < -0.39 is 0 Å². The first-order valence-corrected chi connectivity index (χ1v) is 7.45. The molecule has 0 radical (unpaired) electrons. The maximum absolute atomic E-state index is 11.8. The number of hydrogen-bond acceptors (Lipinski definition) is 3. The summed E-state index contributed by atoms with van der Waals surface area (Å²) in [6.07, 6.45) is 2.23. The minimum atomic E-state index is 0.0772. The standard InChI is InChI=1S/C16H24N2O2/c1-2-3-9-17-16(19)13-18-10-11-20-15(12-18)14-7-5-4-6-8-14/h4-8,15H,2-3,9-13H2,1H3,(H,17,19). The third-order valence-electron chi connectivity index (χ3n) is 3.54. The van der Waals surface area contributed by atoms with Gasteiger partial charge in [0.2, 0.25) is 5.91 Å². The maximum atomic E-state index is 11.8. The first kappa shape index (κ1) is 15.0. The number of nitrogens with one attached hydrogen (secondary N) is 1. The van der Waals surface area contributed by atoms with E-state index in [9.17, 15) is 4.79 Å². The molecule has 1 aliphatic heterocycles. The molecular formula is C16H24N2O2. The average Bonchev–Trinajstić information content (AvgIpc) is 2.49. The van der Waals surface area contributed by atoms with Gasteiger partial charge in [0, 0.05) is 19.6 Å². The zero-order valence-electron chi connectivity index (χ0n) is 12.2. The largest absolute Gasteiger partial charge is 0.371 e. The molecule has 0 aromatic heterocycles. The van der Waals surface area contributed by atoms with Crippen molar-refractivity contribution in [3.05, 3.63) is 35.9 Å². The Morgan fingerprint density at radius 1 is 1.40 bits per heavy atom. The smallest absolute Gasteiger partial charge is 0.234 e. The number of rotatable bonds is 6. The summed E-state index contributed by atoms with van der Waals surface area (Å²) >= 11 is 0. The molecule has 1 aromatic rings. The van der Waals surface area contributed by atoms with Crippen LogP contribution in [0.5, 0.6) is 0 Å². The van der Waals surface area contributed by atoms with E-state index in [1.165, 1.54) is 5.56 Å². The summed E-state index contributed by atoms with van der Waals surface area (Å²) in [5.74, 6) is 0.118. The number of carbonyl (C=O) groups excluding carboxylic acids is 1. The summed E-state index contributed by atoms with van der Waals surface area (Å²) in [6, 6.07) is 10.2. The third-order valence-corrected chi connectivity index (χ3v) is 3.54. The number of amides is 1. The molecule has 0 saturated carbocycles. The van der Waals surface area contributed by atoms with E-state index >= 15 is 0 Å². The summed E-state index contributed by atoms with van der Waals surface area (Å²) in [6.45, 7) is 5.66. The lowest BCUT2D eigenvalue weighted by molar-refractivity contribution is -0.124. The van der Waals surface area contributed by atoms with Crippen LogP contribution in [0.2, 0.25) is 0 Å². The zero-order valence-corrected chi connectivity index (χ0v) is 12.2. The lowest BCUT2D eigenvalue weighted by Gasteiger charge is -2.32. The van der Waals surface area contributed by atoms with E-state index in [2.05, 4.69) is 29.3 Å². The lowest BCUT2D eigenvalue weighted by Crippen LogP contribution is -2.44. The Morgan fingerprint density at radius 3 is 2.95 bits per heavy atom. The molecule has 0 bridgehead atoms. The van der Waals surface area contributed by atoms with Crippen molar-refractivity contribution in [3.8, 4) is 0 Å². The van der Waals surface area contributed by atoms with Gasteiger partial charge >= 0.3 is 0 Å². The van der Waals surface area contributed by atoms with Gasteiger partial charge in [0.15, 0.2) is 0 Å². The normalized spacial score (nSPS) is 19.8. The molecule has 1 heterocycles. The first-order chi connectivity index (χ1) is 9.79. The van der Waals surface area contributed by atoms with Gasteiger partial charge in [-0.25, -0.2) is 0 Å². The molecule has 0 aliphatic carbocycles. The quantitative estimate of drug-likeness (QED) is 0.808. The van der Waals surface area contributed by atoms with Crippen LogP contribution in [0.15, 0.2) is 30.3 Å². The first-order valence-electron chi connectivity index (χ1n) is 7.45. The van der Waals surface area contributed by atoms with E-state index in [1.807, 2.05) is 18.2 Å². The van der Waals surface area contributed by atoms with Crippen LogP contribution in [0.1, 0.15) is 31.4 Å². The van der Waals surface area contributed by atoms with Crippen molar-refractivity contribution in [1.82, 2.24) is 10.2 Å². The molecule has 1 saturated heterocycles. The predicted octanol–water partition coefficient (Wildman–Crippen LogP) is 1.98. The van der Waals surface area contributed by atoms with Crippen LogP contribution in [-0.2, 0) is 9.53 Å². The van der Waals surface area contributed by atoms with Crippen molar-refractivity contribution >= 4 is 5.91 Å². The molecule has 4 nitrogen and oxygen atoms in total. The van der Waals surface area contributed by atoms with E-state index in [4.69, 9.17) is 4.74 Å². The fourth-order valence-corrected chi connectivity index (χ4v) is 2.38. The number of nitrogens with zero attached hydrogens (tertiary/aromatic N) is 1. The SMILES string of the molecule is CCCCNC(=O)CN1CCOC(c2ccccc2)C1. The highest BCUT2D eigenvalue weighted by Gasteiger charge is 2.23. The second kappa shape index (κ2) is 8.02. The number of carbonyl (C=O) groups is 1. The van der Waals surface area contributed by atoms with Gasteiger partial charge in [-0.15, -0.1) is 0 Å². The molecule has 1 aromatic carbocycles. The second-order valence-electron chi connectivity index (χ2n) is 5.21. The molecule has 110 valence electrons. The number of benzene rings is 1. The van der Waals surface area contributed by atoms with Gasteiger partial charge in [-0.05, 0) is 12.0 Å². The van der Waals surface area contributed by atoms with E-state index in [-0.39, 0.29) is 12.0 Å². The number of hydrogen-bond donors (Lipinski definition) is 1. The molecule has 1 aliphatic rings. The fourth-order valence-electron chi connectivity index (χ4n) is 2.38. The Labute approximate surface area is 121 Å². The molecular weight excluding hydrogens is 252 g/mol. The van der Waals surface area contributed by atoms with Crippen molar-refractivity contribution in [2.24, 2.45) is 0 Å². The zero-order chi connectivity index (χ0) is 14.2. The van der Waals surface area contributed by atoms with Crippen molar-refractivity contribution in [3.63, 3.8) is 0 Å². The summed E-state index contributed by atoms with van der Waals surface area (Å²) in [5.41, 5.74) is 1.18. The van der Waals surface area contributed by atoms with Gasteiger partial charge in [-0.2, -0.15) is 0 Å². The Balaban J connectivity index is 1.80. The fraction of sp³-hybridized carbons (Fsp3) is 0.562. The summed E-state index contributed by atoms with van der Waals surface area (Å²) in [4.78, 5) is 14.0. The lowest BCUT2D eigenvalue weighted by atomic mass is 10.1. The molecule has 0 spiro atoms. The Bertz CT molecular complexity index is 408. The van der Waals surface area contributed by atoms with Crippen LogP contribution >= 0.6 is 0 Å². The molecule has 1 fully saturated rings. The number of morpholine rings is 1. The summed E-state index contributed by atoms with van der Waals surface area (Å²) in [7, 11) is 0. The van der Waals surface area contributed by atoms with E-state index in [1.54, 1.807) is 0 Å². The minimum absolute atomic E-state index is 0.0772. The van der Waals surface area contributed by atoms with Gasteiger partial charge in [0.25, 0.3) is 0 Å². The summed E-state index contributed by atoms with van der Waals surface area (Å²) in [5, 5.41) is 2.96. The number of unbranched alkanes of at least 4 members (excludes halogenated alkanes) is 1. The molecule has 1 atom stereocenters.